The van der Waals surface area contributed by atoms with Crippen LogP contribution in [0.2, 0.25) is 10.0 Å². The van der Waals surface area contributed by atoms with Crippen molar-refractivity contribution in [2.45, 2.75) is 26.5 Å². The van der Waals surface area contributed by atoms with Gasteiger partial charge in [0.1, 0.15) is 5.75 Å². The molecule has 0 bridgehead atoms. The van der Waals surface area contributed by atoms with Gasteiger partial charge in [-0.1, -0.05) is 40.5 Å². The first-order chi connectivity index (χ1) is 12.9. The van der Waals surface area contributed by atoms with Crippen LogP contribution in [0.5, 0.6) is 5.75 Å². The van der Waals surface area contributed by atoms with Gasteiger partial charge in [0.25, 0.3) is 5.91 Å². The number of halogens is 2. The number of amides is 1. The van der Waals surface area contributed by atoms with Crippen LogP contribution in [0.4, 0.5) is 0 Å². The minimum absolute atomic E-state index is 0.0640. The Morgan fingerprint density at radius 1 is 1.26 bits per heavy atom. The molecular formula is C20H16Cl2N2O2S. The fourth-order valence-corrected chi connectivity index (χ4v) is 4.04. The average Bonchev–Trinajstić information content (AvgIpc) is 2.96. The highest BCUT2D eigenvalue weighted by atomic mass is 35.5. The van der Waals surface area contributed by atoms with Crippen LogP contribution in [-0.4, -0.2) is 16.6 Å². The van der Waals surface area contributed by atoms with Crippen LogP contribution in [0.1, 0.15) is 24.2 Å². The fraction of sp³-hybridized carbons (Fsp3) is 0.200. The molecule has 0 fully saturated rings. The predicted molar refractivity (Wildman–Crippen MR) is 111 cm³/mol. The van der Waals surface area contributed by atoms with Gasteiger partial charge in [0, 0.05) is 5.56 Å². The van der Waals surface area contributed by atoms with Gasteiger partial charge >= 0.3 is 0 Å². The number of benzene rings is 2. The number of hydrogen-bond acceptors (Lipinski definition) is 3. The molecule has 0 atom stereocenters. The van der Waals surface area contributed by atoms with E-state index in [1.54, 1.807) is 34.9 Å². The summed E-state index contributed by atoms with van der Waals surface area (Å²) in [5, 5.41) is 0.816. The lowest BCUT2D eigenvalue weighted by atomic mass is 10.2. The molecule has 7 heteroatoms. The van der Waals surface area contributed by atoms with Crippen LogP contribution >= 0.6 is 34.5 Å². The van der Waals surface area contributed by atoms with E-state index in [9.17, 15) is 4.79 Å². The van der Waals surface area contributed by atoms with Crippen molar-refractivity contribution in [1.29, 1.82) is 0 Å². The van der Waals surface area contributed by atoms with Crippen LogP contribution in [0.3, 0.4) is 0 Å². The summed E-state index contributed by atoms with van der Waals surface area (Å²) in [5.74, 6) is 2.90. The summed E-state index contributed by atoms with van der Waals surface area (Å²) in [7, 11) is 0. The minimum Gasteiger partial charge on any atom is -0.491 e. The molecule has 4 nitrogen and oxygen atoms in total. The summed E-state index contributed by atoms with van der Waals surface area (Å²) in [6.45, 7) is 4.11. The summed E-state index contributed by atoms with van der Waals surface area (Å²) in [4.78, 5) is 17.3. The lowest BCUT2D eigenvalue weighted by Gasteiger charge is -2.09. The SMILES string of the molecule is C#CCn1c(=NC(=O)c2ccc(OC(C)C)cc2)sc2ccc(Cl)c(Cl)c21. The van der Waals surface area contributed by atoms with E-state index >= 15 is 0 Å². The number of carbonyl (C=O) groups excluding carboxylic acids is 1. The molecule has 2 aromatic carbocycles. The summed E-state index contributed by atoms with van der Waals surface area (Å²) in [6, 6.07) is 10.4. The van der Waals surface area contributed by atoms with Crippen molar-refractivity contribution in [3.8, 4) is 18.1 Å². The Kier molecular flexibility index (Phi) is 5.91. The van der Waals surface area contributed by atoms with E-state index in [2.05, 4.69) is 10.9 Å². The second-order valence-electron chi connectivity index (χ2n) is 5.99. The van der Waals surface area contributed by atoms with Crippen LogP contribution in [0, 0.1) is 12.3 Å². The maximum absolute atomic E-state index is 12.6. The molecule has 1 aromatic heterocycles. The Morgan fingerprint density at radius 2 is 1.96 bits per heavy atom. The van der Waals surface area contributed by atoms with Crippen molar-refractivity contribution in [3.63, 3.8) is 0 Å². The molecule has 0 aliphatic heterocycles. The molecule has 27 heavy (non-hydrogen) atoms. The van der Waals surface area contributed by atoms with Crippen molar-refractivity contribution in [1.82, 2.24) is 4.57 Å². The predicted octanol–water partition coefficient (Wildman–Crippen LogP) is 5.17. The molecule has 0 saturated carbocycles. The highest BCUT2D eigenvalue weighted by molar-refractivity contribution is 7.16. The molecule has 138 valence electrons. The molecule has 1 heterocycles. The molecule has 0 aliphatic carbocycles. The van der Waals surface area contributed by atoms with Crippen molar-refractivity contribution in [2.75, 3.05) is 0 Å². The topological polar surface area (TPSA) is 43.6 Å². The fourth-order valence-electron chi connectivity index (χ4n) is 2.53. The van der Waals surface area contributed by atoms with Crippen LogP contribution in [-0.2, 0) is 6.54 Å². The van der Waals surface area contributed by atoms with E-state index in [4.69, 9.17) is 34.4 Å². The number of terminal acetylenes is 1. The standard InChI is InChI=1S/C20H16Cl2N2O2S/c1-4-11-24-18-16(10-9-15(21)17(18)22)27-20(24)23-19(25)13-5-7-14(8-6-13)26-12(2)3/h1,5-10,12H,11H2,2-3H3. The third-order valence-corrected chi connectivity index (χ3v) is 5.49. The van der Waals surface area contributed by atoms with Gasteiger partial charge in [0.05, 0.1) is 32.9 Å². The third kappa shape index (κ3) is 4.19. The lowest BCUT2D eigenvalue weighted by Crippen LogP contribution is -2.16. The summed E-state index contributed by atoms with van der Waals surface area (Å²) in [6.07, 6.45) is 5.55. The van der Waals surface area contributed by atoms with Gasteiger partial charge in [-0.2, -0.15) is 4.99 Å². The van der Waals surface area contributed by atoms with Crippen LogP contribution in [0.15, 0.2) is 41.4 Å². The summed E-state index contributed by atoms with van der Waals surface area (Å²) < 4.78 is 8.17. The summed E-state index contributed by atoms with van der Waals surface area (Å²) >= 11 is 13.8. The average molecular weight is 419 g/mol. The van der Waals surface area contributed by atoms with Crippen molar-refractivity contribution < 1.29 is 9.53 Å². The molecule has 0 N–H and O–H groups in total. The zero-order valence-corrected chi connectivity index (χ0v) is 17.0. The molecule has 0 spiro atoms. The second kappa shape index (κ2) is 8.18. The lowest BCUT2D eigenvalue weighted by molar-refractivity contribution is 0.0998. The highest BCUT2D eigenvalue weighted by Crippen LogP contribution is 2.32. The Balaban J connectivity index is 2.05. The van der Waals surface area contributed by atoms with E-state index < -0.39 is 0 Å². The van der Waals surface area contributed by atoms with Gasteiger partial charge in [-0.25, -0.2) is 0 Å². The van der Waals surface area contributed by atoms with E-state index in [1.165, 1.54) is 11.3 Å². The smallest absolute Gasteiger partial charge is 0.279 e. The monoisotopic (exact) mass is 418 g/mol. The maximum atomic E-state index is 12.6. The quantitative estimate of drug-likeness (QED) is 0.548. The van der Waals surface area contributed by atoms with E-state index in [0.29, 0.717) is 31.7 Å². The Labute approximate surface area is 171 Å². The van der Waals surface area contributed by atoms with Gasteiger partial charge in [-0.05, 0) is 50.2 Å². The Bertz CT molecular complexity index is 1110. The van der Waals surface area contributed by atoms with Gasteiger partial charge in [0.2, 0.25) is 0 Å². The Morgan fingerprint density at radius 3 is 2.59 bits per heavy atom. The molecule has 3 aromatic rings. The number of carbonyl (C=O) groups is 1. The van der Waals surface area contributed by atoms with E-state index in [-0.39, 0.29) is 18.6 Å². The number of thiazole rings is 1. The van der Waals surface area contributed by atoms with Crippen LogP contribution < -0.4 is 9.54 Å². The van der Waals surface area contributed by atoms with Gasteiger partial charge in [-0.15, -0.1) is 6.42 Å². The highest BCUT2D eigenvalue weighted by Gasteiger charge is 2.13. The number of nitrogens with zero attached hydrogens (tertiary/aromatic N) is 2. The molecule has 0 aliphatic rings. The molecule has 0 saturated heterocycles. The normalized spacial score (nSPS) is 11.8. The number of rotatable bonds is 4. The van der Waals surface area contributed by atoms with Gasteiger partial charge in [-0.3, -0.25) is 4.79 Å². The number of fused-ring (bicyclic) bond motifs is 1. The maximum Gasteiger partial charge on any atom is 0.279 e. The molecule has 1 amide bonds. The number of hydrogen-bond donors (Lipinski definition) is 0. The molecule has 0 unspecified atom stereocenters. The molecule has 0 radical (unpaired) electrons. The first kappa shape index (κ1) is 19.5. The van der Waals surface area contributed by atoms with E-state index in [1.807, 2.05) is 19.9 Å². The minimum atomic E-state index is -0.370. The Hall–Kier alpha value is -2.26. The van der Waals surface area contributed by atoms with Gasteiger partial charge < -0.3 is 9.30 Å². The number of ether oxygens (including phenoxy) is 1. The van der Waals surface area contributed by atoms with Gasteiger partial charge in [0.15, 0.2) is 4.80 Å². The number of aromatic nitrogens is 1. The zero-order valence-electron chi connectivity index (χ0n) is 14.7. The van der Waals surface area contributed by atoms with E-state index in [0.717, 1.165) is 4.70 Å². The second-order valence-corrected chi connectivity index (χ2v) is 7.79. The van der Waals surface area contributed by atoms with Crippen molar-refractivity contribution in [2.24, 2.45) is 4.99 Å². The van der Waals surface area contributed by atoms with Crippen molar-refractivity contribution >= 4 is 50.7 Å². The van der Waals surface area contributed by atoms with Crippen molar-refractivity contribution in [3.05, 3.63) is 56.8 Å². The van der Waals surface area contributed by atoms with Crippen LogP contribution in [0.25, 0.3) is 10.2 Å². The largest absolute Gasteiger partial charge is 0.491 e. The molecular weight excluding hydrogens is 403 g/mol. The first-order valence-corrected chi connectivity index (χ1v) is 9.74. The molecule has 3 rings (SSSR count). The first-order valence-electron chi connectivity index (χ1n) is 8.17. The zero-order chi connectivity index (χ0) is 19.6. The summed E-state index contributed by atoms with van der Waals surface area (Å²) in [5.41, 5.74) is 1.14. The third-order valence-electron chi connectivity index (χ3n) is 3.65.